The third-order valence-electron chi connectivity index (χ3n) is 19.2. The van der Waals surface area contributed by atoms with Crippen molar-refractivity contribution in [1.29, 1.82) is 0 Å². The Bertz CT molecular complexity index is 3170. The second kappa shape index (κ2) is 23.8. The van der Waals surface area contributed by atoms with E-state index in [2.05, 4.69) is 185 Å². The van der Waals surface area contributed by atoms with Gasteiger partial charge in [-0.15, -0.1) is 0 Å². The van der Waals surface area contributed by atoms with E-state index in [9.17, 15) is 0 Å². The summed E-state index contributed by atoms with van der Waals surface area (Å²) in [5, 5.41) is 0. The highest BCUT2D eigenvalue weighted by Crippen LogP contribution is 2.62. The molecule has 1 heterocycles. The number of rotatable bonds is 23. The number of aryl methyl sites for hydroxylation is 3. The molecule has 13 rings (SSSR count). The minimum atomic E-state index is -0.583. The number of unbranched alkanes of at least 4 members (excludes halogenated alkanes) is 11. The van der Waals surface area contributed by atoms with Gasteiger partial charge in [0.15, 0.2) is 0 Å². The van der Waals surface area contributed by atoms with Crippen molar-refractivity contribution in [2.24, 2.45) is 23.7 Å². The summed E-state index contributed by atoms with van der Waals surface area (Å²) in [4.78, 5) is 2.59. The molecule has 7 aromatic carbocycles. The van der Waals surface area contributed by atoms with Crippen LogP contribution in [-0.2, 0) is 11.8 Å². The molecule has 0 amide bonds. The van der Waals surface area contributed by atoms with Gasteiger partial charge in [0.25, 0.3) is 0 Å². The van der Waals surface area contributed by atoms with E-state index in [4.69, 9.17) is 9.47 Å². The van der Waals surface area contributed by atoms with Crippen molar-refractivity contribution in [3.8, 4) is 33.8 Å². The Kier molecular flexibility index (Phi) is 16.1. The third kappa shape index (κ3) is 10.5. The van der Waals surface area contributed by atoms with E-state index in [1.807, 2.05) is 0 Å². The number of hydrogen-bond acceptors (Lipinski definition) is 3. The Morgan fingerprint density at radius 2 is 0.911 bits per heavy atom. The molecule has 3 heteroatoms. The number of nitrogens with zero attached hydrogens (tertiary/aromatic N) is 1. The van der Waals surface area contributed by atoms with Crippen LogP contribution in [0.4, 0.5) is 17.1 Å². The molecule has 3 nitrogen and oxygen atoms in total. The molecular weight excluding hydrogens is 959 g/mol. The Hall–Kier alpha value is -6.32. The van der Waals surface area contributed by atoms with Crippen LogP contribution >= 0.6 is 0 Å². The number of hydrogen-bond donors (Lipinski definition) is 0. The van der Waals surface area contributed by atoms with Crippen LogP contribution in [0.5, 0.6) is 11.5 Å². The lowest BCUT2D eigenvalue weighted by Gasteiger charge is -2.53. The average molecular weight is 1050 g/mol. The van der Waals surface area contributed by atoms with E-state index in [1.165, 1.54) is 204 Å². The quantitative estimate of drug-likeness (QED) is 0.0596. The van der Waals surface area contributed by atoms with E-state index in [1.54, 1.807) is 5.57 Å². The van der Waals surface area contributed by atoms with Gasteiger partial charge in [0, 0.05) is 16.8 Å². The van der Waals surface area contributed by atoms with Crippen LogP contribution in [0.25, 0.3) is 27.8 Å². The van der Waals surface area contributed by atoms with Crippen molar-refractivity contribution >= 4 is 22.6 Å². The Morgan fingerprint density at radius 1 is 0.430 bits per heavy atom. The minimum Gasteiger partial charge on any atom is -0.494 e. The maximum atomic E-state index is 6.48. The third-order valence-corrected chi connectivity index (χ3v) is 19.2. The SMILES string of the molecule is CCCCCCCCOc1ccc(C2(c3ccc(OCCCCCCCC)cc3)c3cc(C)ccc3-c3ccc(-c4ccc5c(c4)C(=C4C6CC7CC(C6)CC4C7)c4cc(C)ccc4N5c4ccc(CCCC)cc4)cc32)cc1. The van der Waals surface area contributed by atoms with Gasteiger partial charge < -0.3 is 14.4 Å². The maximum absolute atomic E-state index is 6.48. The van der Waals surface area contributed by atoms with Crippen molar-refractivity contribution in [1.82, 2.24) is 0 Å². The van der Waals surface area contributed by atoms with Gasteiger partial charge in [0.2, 0.25) is 0 Å². The summed E-state index contributed by atoms with van der Waals surface area (Å²) in [6.07, 6.45) is 25.4. The Labute approximate surface area is 474 Å². The highest BCUT2D eigenvalue weighted by molar-refractivity contribution is 6.03. The molecule has 0 saturated heterocycles. The first-order valence-electron chi connectivity index (χ1n) is 31.5. The van der Waals surface area contributed by atoms with Crippen molar-refractivity contribution in [2.75, 3.05) is 18.1 Å². The lowest BCUT2D eigenvalue weighted by Crippen LogP contribution is -2.41. The van der Waals surface area contributed by atoms with E-state index in [0.29, 0.717) is 11.8 Å². The molecule has 79 heavy (non-hydrogen) atoms. The second-order valence-electron chi connectivity index (χ2n) is 24.8. The van der Waals surface area contributed by atoms with Crippen LogP contribution < -0.4 is 14.4 Å². The normalized spacial score (nSPS) is 19.1. The molecule has 6 aliphatic rings. The van der Waals surface area contributed by atoms with Crippen molar-refractivity contribution in [3.63, 3.8) is 0 Å². The first-order chi connectivity index (χ1) is 38.8. The zero-order valence-corrected chi connectivity index (χ0v) is 48.5. The van der Waals surface area contributed by atoms with Gasteiger partial charge in [-0.2, -0.15) is 0 Å². The van der Waals surface area contributed by atoms with E-state index >= 15 is 0 Å². The van der Waals surface area contributed by atoms with Gasteiger partial charge in [-0.3, -0.25) is 0 Å². The van der Waals surface area contributed by atoms with Crippen LogP contribution in [-0.4, -0.2) is 13.2 Å². The van der Waals surface area contributed by atoms with Crippen molar-refractivity contribution in [3.05, 3.63) is 201 Å². The summed E-state index contributed by atoms with van der Waals surface area (Å²) in [5.41, 5.74) is 23.7. The summed E-state index contributed by atoms with van der Waals surface area (Å²) in [6, 6.07) is 57.3. The average Bonchev–Trinajstić information content (AvgIpc) is 3.97. The number of fused-ring (bicyclic) bond motifs is 5. The molecule has 0 radical (unpaired) electrons. The Morgan fingerprint density at radius 3 is 1.51 bits per heavy atom. The van der Waals surface area contributed by atoms with Crippen LogP contribution in [0.15, 0.2) is 151 Å². The largest absolute Gasteiger partial charge is 0.494 e. The molecule has 0 aromatic heterocycles. The van der Waals surface area contributed by atoms with Crippen molar-refractivity contribution < 1.29 is 9.47 Å². The molecular formula is C76H87NO2. The van der Waals surface area contributed by atoms with E-state index in [0.717, 1.165) is 55.8 Å². The molecule has 0 atom stereocenters. The predicted octanol–water partition coefficient (Wildman–Crippen LogP) is 21.2. The standard InChI is InChI=1S/C76H87NO2/c1-6-9-12-14-16-18-41-78-64-33-27-61(28-34-64)76(62-29-35-65(36-30-62)79-42-19-17-15-13-10-7-2)70-44-53(5)21-37-66(70)67-38-25-58(51-71(67)76)57-26-40-73-69(50-57)75(74-59-46-55-45-56(48-59)49-60(74)47-55)68-43-52(4)22-39-72(68)77(73)63-31-23-54(24-32-63)20-11-8-3/h21-40,43-44,50-51,55-56,59-60H,6-20,41-42,45-49H2,1-5H3. The van der Waals surface area contributed by atoms with E-state index in [-0.39, 0.29) is 0 Å². The monoisotopic (exact) mass is 1050 g/mol. The number of allylic oxidation sites excluding steroid dienone is 1. The number of benzene rings is 7. The minimum absolute atomic E-state index is 0.583. The molecule has 4 saturated carbocycles. The second-order valence-corrected chi connectivity index (χ2v) is 24.8. The predicted molar refractivity (Wildman–Crippen MR) is 333 cm³/mol. The summed E-state index contributed by atoms with van der Waals surface area (Å²) in [6.45, 7) is 12.9. The van der Waals surface area contributed by atoms with E-state index < -0.39 is 5.41 Å². The zero-order chi connectivity index (χ0) is 53.9. The topological polar surface area (TPSA) is 21.7 Å². The molecule has 1 aliphatic heterocycles. The van der Waals surface area contributed by atoms with Crippen LogP contribution in [0.1, 0.15) is 193 Å². The number of anilines is 3. The lowest BCUT2D eigenvalue weighted by atomic mass is 9.53. The van der Waals surface area contributed by atoms with Crippen LogP contribution in [0, 0.1) is 37.5 Å². The molecule has 4 bridgehead atoms. The summed E-state index contributed by atoms with van der Waals surface area (Å²) in [5.74, 6) is 5.01. The molecule has 408 valence electrons. The summed E-state index contributed by atoms with van der Waals surface area (Å²) < 4.78 is 13.0. The maximum Gasteiger partial charge on any atom is 0.119 e. The van der Waals surface area contributed by atoms with Crippen molar-refractivity contribution in [2.45, 2.75) is 168 Å². The lowest BCUT2D eigenvalue weighted by molar-refractivity contribution is 0.0705. The van der Waals surface area contributed by atoms with Gasteiger partial charge in [0.05, 0.1) is 30.0 Å². The van der Waals surface area contributed by atoms with Crippen LogP contribution in [0.3, 0.4) is 0 Å². The fourth-order valence-corrected chi connectivity index (χ4v) is 15.5. The highest BCUT2D eigenvalue weighted by atomic mass is 16.5. The molecule has 4 fully saturated rings. The molecule has 5 aliphatic carbocycles. The fraction of sp³-hybridized carbons (Fsp3) is 0.421. The molecule has 0 unspecified atom stereocenters. The smallest absolute Gasteiger partial charge is 0.119 e. The van der Waals surface area contributed by atoms with Gasteiger partial charge >= 0.3 is 0 Å². The Balaban J connectivity index is 0.983. The summed E-state index contributed by atoms with van der Waals surface area (Å²) >= 11 is 0. The molecule has 0 spiro atoms. The van der Waals surface area contributed by atoms with Gasteiger partial charge in [0.1, 0.15) is 11.5 Å². The first kappa shape index (κ1) is 53.3. The van der Waals surface area contributed by atoms with Crippen LogP contribution in [0.2, 0.25) is 0 Å². The molecule has 7 aromatic rings. The van der Waals surface area contributed by atoms with Gasteiger partial charge in [-0.05, 0) is 218 Å². The first-order valence-corrected chi connectivity index (χ1v) is 31.5. The summed E-state index contributed by atoms with van der Waals surface area (Å²) in [7, 11) is 0. The highest BCUT2D eigenvalue weighted by Gasteiger charge is 2.49. The number of ether oxygens (including phenoxy) is 2. The fourth-order valence-electron chi connectivity index (χ4n) is 15.5. The zero-order valence-electron chi connectivity index (χ0n) is 48.5. The molecule has 0 N–H and O–H groups in total. The van der Waals surface area contributed by atoms with Gasteiger partial charge in [-0.25, -0.2) is 0 Å². The van der Waals surface area contributed by atoms with Gasteiger partial charge in [-0.1, -0.05) is 187 Å².